The van der Waals surface area contributed by atoms with Crippen molar-refractivity contribution in [2.75, 3.05) is 26.8 Å². The molecule has 1 atom stereocenters. The van der Waals surface area contributed by atoms with Crippen molar-refractivity contribution in [2.45, 2.75) is 25.0 Å². The molecule has 0 saturated carbocycles. The fourth-order valence-corrected chi connectivity index (χ4v) is 2.46. The summed E-state index contributed by atoms with van der Waals surface area (Å²) < 4.78 is 5.35. The van der Waals surface area contributed by atoms with Crippen LogP contribution in [-0.4, -0.2) is 42.9 Å². The highest BCUT2D eigenvalue weighted by Gasteiger charge is 2.20. The first-order valence-corrected chi connectivity index (χ1v) is 6.76. The molecule has 1 aliphatic heterocycles. The number of rotatable bonds is 4. The Morgan fingerprint density at radius 1 is 1.33 bits per heavy atom. The molecule has 0 spiro atoms. The van der Waals surface area contributed by atoms with E-state index in [1.807, 2.05) is 24.3 Å². The smallest absolute Gasteiger partial charge is 0.0916 e. The van der Waals surface area contributed by atoms with Crippen LogP contribution >= 0.6 is 11.6 Å². The Hall–Kier alpha value is -0.610. The molecular formula is C14H20ClNO2. The van der Waals surface area contributed by atoms with Gasteiger partial charge in [-0.15, -0.1) is 0 Å². The number of benzene rings is 1. The third-order valence-corrected chi connectivity index (χ3v) is 3.78. The Morgan fingerprint density at radius 2 is 1.94 bits per heavy atom. The molecule has 18 heavy (non-hydrogen) atoms. The van der Waals surface area contributed by atoms with Crippen LogP contribution in [0.1, 0.15) is 24.5 Å². The Kier molecular flexibility index (Phi) is 5.01. The second-order valence-corrected chi connectivity index (χ2v) is 5.29. The second kappa shape index (κ2) is 6.53. The minimum Gasteiger partial charge on any atom is -0.387 e. The van der Waals surface area contributed by atoms with Crippen molar-refractivity contribution in [1.82, 2.24) is 4.90 Å². The molecule has 1 fully saturated rings. The number of aliphatic hydroxyl groups is 1. The predicted molar refractivity (Wildman–Crippen MR) is 72.9 cm³/mol. The van der Waals surface area contributed by atoms with E-state index in [2.05, 4.69) is 11.9 Å². The Labute approximate surface area is 113 Å². The molecule has 0 aliphatic carbocycles. The first-order valence-electron chi connectivity index (χ1n) is 6.38. The zero-order valence-corrected chi connectivity index (χ0v) is 11.4. The van der Waals surface area contributed by atoms with Crippen LogP contribution in [0.3, 0.4) is 0 Å². The first kappa shape index (κ1) is 13.8. The van der Waals surface area contributed by atoms with Gasteiger partial charge in [0.15, 0.2) is 0 Å². The van der Waals surface area contributed by atoms with Crippen molar-refractivity contribution < 1.29 is 9.84 Å². The van der Waals surface area contributed by atoms with Gasteiger partial charge in [0.25, 0.3) is 0 Å². The lowest BCUT2D eigenvalue weighted by molar-refractivity contribution is 0.0253. The van der Waals surface area contributed by atoms with Crippen LogP contribution < -0.4 is 0 Å². The van der Waals surface area contributed by atoms with E-state index >= 15 is 0 Å². The summed E-state index contributed by atoms with van der Waals surface area (Å²) in [6.45, 7) is 2.30. The SMILES string of the molecule is CN(CC(O)c1ccc(Cl)cc1)C1CCOCC1. The maximum absolute atomic E-state index is 10.2. The van der Waals surface area contributed by atoms with E-state index in [0.29, 0.717) is 17.6 Å². The topological polar surface area (TPSA) is 32.7 Å². The molecule has 1 N–H and O–H groups in total. The lowest BCUT2D eigenvalue weighted by Gasteiger charge is -2.32. The van der Waals surface area contributed by atoms with Gasteiger partial charge < -0.3 is 14.7 Å². The third kappa shape index (κ3) is 3.69. The highest BCUT2D eigenvalue weighted by molar-refractivity contribution is 6.30. The highest BCUT2D eigenvalue weighted by atomic mass is 35.5. The summed E-state index contributed by atoms with van der Waals surface area (Å²) in [6, 6.07) is 7.90. The van der Waals surface area contributed by atoms with Gasteiger partial charge in [-0.2, -0.15) is 0 Å². The van der Waals surface area contributed by atoms with Gasteiger partial charge in [0.2, 0.25) is 0 Å². The van der Waals surface area contributed by atoms with Crippen LogP contribution in [-0.2, 0) is 4.74 Å². The zero-order chi connectivity index (χ0) is 13.0. The van der Waals surface area contributed by atoms with E-state index < -0.39 is 6.10 Å². The van der Waals surface area contributed by atoms with Crippen molar-refractivity contribution in [3.63, 3.8) is 0 Å². The van der Waals surface area contributed by atoms with Crippen LogP contribution in [0, 0.1) is 0 Å². The molecular weight excluding hydrogens is 250 g/mol. The van der Waals surface area contributed by atoms with E-state index in [9.17, 15) is 5.11 Å². The summed E-state index contributed by atoms with van der Waals surface area (Å²) in [7, 11) is 2.06. The van der Waals surface area contributed by atoms with Gasteiger partial charge >= 0.3 is 0 Å². The summed E-state index contributed by atoms with van der Waals surface area (Å²) >= 11 is 5.84. The van der Waals surface area contributed by atoms with Gasteiger partial charge in [-0.3, -0.25) is 0 Å². The molecule has 1 heterocycles. The number of hydrogen-bond donors (Lipinski definition) is 1. The maximum Gasteiger partial charge on any atom is 0.0916 e. The number of ether oxygens (including phenoxy) is 1. The quantitative estimate of drug-likeness (QED) is 0.912. The molecule has 100 valence electrons. The fourth-order valence-electron chi connectivity index (χ4n) is 2.34. The largest absolute Gasteiger partial charge is 0.387 e. The minimum atomic E-state index is -0.463. The molecule has 0 bridgehead atoms. The van der Waals surface area contributed by atoms with Gasteiger partial charge in [-0.1, -0.05) is 23.7 Å². The molecule has 2 rings (SSSR count). The Bertz CT molecular complexity index is 363. The molecule has 4 heteroatoms. The summed E-state index contributed by atoms with van der Waals surface area (Å²) in [6.07, 6.45) is 1.63. The average Bonchev–Trinajstić information content (AvgIpc) is 2.40. The van der Waals surface area contributed by atoms with Crippen LogP contribution in [0.25, 0.3) is 0 Å². The first-order chi connectivity index (χ1) is 8.66. The van der Waals surface area contributed by atoms with Crippen molar-refractivity contribution in [2.24, 2.45) is 0 Å². The summed E-state index contributed by atoms with van der Waals surface area (Å²) in [5, 5.41) is 10.9. The van der Waals surface area contributed by atoms with E-state index in [1.54, 1.807) is 0 Å². The van der Waals surface area contributed by atoms with Crippen molar-refractivity contribution in [1.29, 1.82) is 0 Å². The van der Waals surface area contributed by atoms with Crippen LogP contribution in [0.5, 0.6) is 0 Å². The maximum atomic E-state index is 10.2. The van der Waals surface area contributed by atoms with Gasteiger partial charge in [0.05, 0.1) is 6.10 Å². The average molecular weight is 270 g/mol. The molecule has 3 nitrogen and oxygen atoms in total. The third-order valence-electron chi connectivity index (χ3n) is 3.53. The number of nitrogens with zero attached hydrogens (tertiary/aromatic N) is 1. The molecule has 1 aromatic carbocycles. The molecule has 1 unspecified atom stereocenters. The standard InChI is InChI=1S/C14H20ClNO2/c1-16(13-6-8-18-9-7-13)10-14(17)11-2-4-12(15)5-3-11/h2-5,13-14,17H,6-10H2,1H3. The number of aliphatic hydroxyl groups excluding tert-OH is 1. The molecule has 1 saturated heterocycles. The van der Waals surface area contributed by atoms with Gasteiger partial charge in [-0.25, -0.2) is 0 Å². The van der Waals surface area contributed by atoms with E-state index in [-0.39, 0.29) is 0 Å². The lowest BCUT2D eigenvalue weighted by Crippen LogP contribution is -2.38. The van der Waals surface area contributed by atoms with Crippen LogP contribution in [0.4, 0.5) is 0 Å². The normalized spacial score (nSPS) is 19.1. The molecule has 1 aliphatic rings. The zero-order valence-electron chi connectivity index (χ0n) is 10.7. The molecule has 0 radical (unpaired) electrons. The highest BCUT2D eigenvalue weighted by Crippen LogP contribution is 2.20. The molecule has 1 aromatic rings. The molecule has 0 amide bonds. The van der Waals surface area contributed by atoms with Crippen molar-refractivity contribution in [3.8, 4) is 0 Å². The number of halogens is 1. The summed E-state index contributed by atoms with van der Waals surface area (Å²) in [4.78, 5) is 2.22. The van der Waals surface area contributed by atoms with E-state index in [1.165, 1.54) is 0 Å². The van der Waals surface area contributed by atoms with Crippen molar-refractivity contribution in [3.05, 3.63) is 34.9 Å². The fraction of sp³-hybridized carbons (Fsp3) is 0.571. The summed E-state index contributed by atoms with van der Waals surface area (Å²) in [5.41, 5.74) is 0.915. The lowest BCUT2D eigenvalue weighted by atomic mass is 10.1. The van der Waals surface area contributed by atoms with Crippen molar-refractivity contribution >= 4 is 11.6 Å². The van der Waals surface area contributed by atoms with E-state index in [0.717, 1.165) is 31.6 Å². The van der Waals surface area contributed by atoms with Crippen LogP contribution in [0.2, 0.25) is 5.02 Å². The Morgan fingerprint density at radius 3 is 2.56 bits per heavy atom. The monoisotopic (exact) mass is 269 g/mol. The second-order valence-electron chi connectivity index (χ2n) is 4.85. The minimum absolute atomic E-state index is 0.463. The van der Waals surface area contributed by atoms with E-state index in [4.69, 9.17) is 16.3 Å². The van der Waals surface area contributed by atoms with Gasteiger partial charge in [0, 0.05) is 30.8 Å². The Balaban J connectivity index is 1.89. The molecule has 0 aromatic heterocycles. The number of likely N-dealkylation sites (N-methyl/N-ethyl adjacent to an activating group) is 1. The van der Waals surface area contributed by atoms with Gasteiger partial charge in [-0.05, 0) is 37.6 Å². The number of hydrogen-bond acceptors (Lipinski definition) is 3. The van der Waals surface area contributed by atoms with Gasteiger partial charge in [0.1, 0.15) is 0 Å². The predicted octanol–water partition coefficient (Wildman–Crippen LogP) is 2.48. The summed E-state index contributed by atoms with van der Waals surface area (Å²) in [5.74, 6) is 0. The van der Waals surface area contributed by atoms with Crippen LogP contribution in [0.15, 0.2) is 24.3 Å².